The minimum Gasteiger partial charge on any atom is -0.397 e. The van der Waals surface area contributed by atoms with Crippen LogP contribution >= 0.6 is 0 Å². The van der Waals surface area contributed by atoms with Gasteiger partial charge in [0.15, 0.2) is 0 Å². The number of aryl methyl sites for hydroxylation is 2. The fourth-order valence-electron chi connectivity index (χ4n) is 2.41. The molecule has 18 heavy (non-hydrogen) atoms. The zero-order chi connectivity index (χ0) is 12.5. The minimum absolute atomic E-state index is 0.644. The van der Waals surface area contributed by atoms with Crippen LogP contribution in [-0.4, -0.2) is 9.97 Å². The van der Waals surface area contributed by atoms with Crippen LogP contribution in [0.4, 0.5) is 17.3 Å². The largest absolute Gasteiger partial charge is 0.397 e. The molecule has 0 amide bonds. The van der Waals surface area contributed by atoms with E-state index in [9.17, 15) is 0 Å². The fourth-order valence-corrected chi connectivity index (χ4v) is 2.41. The maximum atomic E-state index is 5.90. The number of nitrogens with two attached hydrogens (primary N) is 1. The van der Waals surface area contributed by atoms with Crippen molar-refractivity contribution >= 4 is 17.3 Å². The van der Waals surface area contributed by atoms with Crippen LogP contribution in [0, 0.1) is 6.92 Å². The van der Waals surface area contributed by atoms with E-state index < -0.39 is 0 Å². The predicted octanol–water partition coefficient (Wildman–Crippen LogP) is 2.60. The van der Waals surface area contributed by atoms with Crippen LogP contribution in [0.2, 0.25) is 0 Å². The predicted molar refractivity (Wildman–Crippen MR) is 72.9 cm³/mol. The number of aromatic nitrogens is 2. The van der Waals surface area contributed by atoms with Crippen molar-refractivity contribution in [1.82, 2.24) is 9.97 Å². The van der Waals surface area contributed by atoms with Gasteiger partial charge in [-0.25, -0.2) is 9.97 Å². The second-order valence-electron chi connectivity index (χ2n) is 4.62. The SMILES string of the molecule is Cc1nc(Nc2ccccc2N)nc2c1CCC2. The zero-order valence-corrected chi connectivity index (χ0v) is 10.4. The van der Waals surface area contributed by atoms with Gasteiger partial charge in [0, 0.05) is 11.4 Å². The van der Waals surface area contributed by atoms with Crippen LogP contribution in [0.5, 0.6) is 0 Å². The summed E-state index contributed by atoms with van der Waals surface area (Å²) in [5.74, 6) is 0.644. The summed E-state index contributed by atoms with van der Waals surface area (Å²) < 4.78 is 0. The van der Waals surface area contributed by atoms with Crippen molar-refractivity contribution < 1.29 is 0 Å². The topological polar surface area (TPSA) is 63.8 Å². The minimum atomic E-state index is 0.644. The van der Waals surface area contributed by atoms with Crippen molar-refractivity contribution in [3.05, 3.63) is 41.2 Å². The van der Waals surface area contributed by atoms with Gasteiger partial charge in [-0.15, -0.1) is 0 Å². The third kappa shape index (κ3) is 1.90. The summed E-state index contributed by atoms with van der Waals surface area (Å²) in [7, 11) is 0. The summed E-state index contributed by atoms with van der Waals surface area (Å²) >= 11 is 0. The number of nitrogen functional groups attached to an aromatic ring is 1. The molecule has 1 aliphatic rings. The van der Waals surface area contributed by atoms with Gasteiger partial charge in [0.1, 0.15) is 0 Å². The molecule has 0 bridgehead atoms. The summed E-state index contributed by atoms with van der Waals surface area (Å²) in [6, 6.07) is 7.65. The average molecular weight is 240 g/mol. The molecule has 0 aliphatic heterocycles. The highest BCUT2D eigenvalue weighted by atomic mass is 15.1. The highest BCUT2D eigenvalue weighted by Gasteiger charge is 2.17. The quantitative estimate of drug-likeness (QED) is 0.792. The molecule has 2 aromatic rings. The van der Waals surface area contributed by atoms with Crippen molar-refractivity contribution in [2.45, 2.75) is 26.2 Å². The first-order valence-corrected chi connectivity index (χ1v) is 6.22. The van der Waals surface area contributed by atoms with Gasteiger partial charge in [0.05, 0.1) is 11.4 Å². The van der Waals surface area contributed by atoms with Gasteiger partial charge in [-0.05, 0) is 43.9 Å². The molecule has 0 saturated heterocycles. The highest BCUT2D eigenvalue weighted by Crippen LogP contribution is 2.26. The Labute approximate surface area is 106 Å². The van der Waals surface area contributed by atoms with Crippen LogP contribution in [-0.2, 0) is 12.8 Å². The van der Waals surface area contributed by atoms with Gasteiger partial charge < -0.3 is 11.1 Å². The molecule has 3 N–H and O–H groups in total. The molecule has 1 aromatic heterocycles. The Morgan fingerprint density at radius 3 is 2.83 bits per heavy atom. The molecule has 1 heterocycles. The van der Waals surface area contributed by atoms with Crippen LogP contribution < -0.4 is 11.1 Å². The Morgan fingerprint density at radius 1 is 1.17 bits per heavy atom. The maximum Gasteiger partial charge on any atom is 0.227 e. The van der Waals surface area contributed by atoms with Gasteiger partial charge in [0.2, 0.25) is 5.95 Å². The standard InChI is InChI=1S/C14H16N4/c1-9-10-5-4-8-12(10)17-14(16-9)18-13-7-3-2-6-11(13)15/h2-3,6-7H,4-5,8,15H2,1H3,(H,16,17,18). The third-order valence-corrected chi connectivity index (χ3v) is 3.35. The molecule has 0 spiro atoms. The Balaban J connectivity index is 1.95. The van der Waals surface area contributed by atoms with E-state index in [1.54, 1.807) is 0 Å². The van der Waals surface area contributed by atoms with E-state index in [4.69, 9.17) is 5.73 Å². The van der Waals surface area contributed by atoms with Gasteiger partial charge in [-0.1, -0.05) is 12.1 Å². The number of rotatable bonds is 2. The lowest BCUT2D eigenvalue weighted by molar-refractivity contribution is 0.899. The third-order valence-electron chi connectivity index (χ3n) is 3.35. The monoisotopic (exact) mass is 240 g/mol. The number of nitrogens with one attached hydrogen (secondary N) is 1. The molecular weight excluding hydrogens is 224 g/mol. The summed E-state index contributed by atoms with van der Waals surface area (Å²) in [6.07, 6.45) is 3.34. The molecule has 0 atom stereocenters. The van der Waals surface area contributed by atoms with Crippen LogP contribution in [0.25, 0.3) is 0 Å². The van der Waals surface area contributed by atoms with Crippen molar-refractivity contribution in [2.24, 2.45) is 0 Å². The number of para-hydroxylation sites is 2. The lowest BCUT2D eigenvalue weighted by Crippen LogP contribution is -2.04. The molecule has 0 fully saturated rings. The summed E-state index contributed by atoms with van der Waals surface area (Å²) in [4.78, 5) is 9.08. The molecule has 0 unspecified atom stereocenters. The number of nitrogens with zero attached hydrogens (tertiary/aromatic N) is 2. The zero-order valence-electron chi connectivity index (χ0n) is 10.4. The Bertz CT molecular complexity index is 592. The number of hydrogen-bond acceptors (Lipinski definition) is 4. The normalized spacial score (nSPS) is 13.4. The van der Waals surface area contributed by atoms with Gasteiger partial charge in [-0.3, -0.25) is 0 Å². The van der Waals surface area contributed by atoms with Crippen LogP contribution in [0.3, 0.4) is 0 Å². The van der Waals surface area contributed by atoms with Crippen molar-refractivity contribution in [1.29, 1.82) is 0 Å². The molecule has 4 nitrogen and oxygen atoms in total. The second kappa shape index (κ2) is 4.29. The van der Waals surface area contributed by atoms with E-state index in [1.165, 1.54) is 17.7 Å². The van der Waals surface area contributed by atoms with E-state index in [2.05, 4.69) is 15.3 Å². The number of benzene rings is 1. The first-order chi connectivity index (χ1) is 8.74. The summed E-state index contributed by atoms with van der Waals surface area (Å²) in [5, 5.41) is 3.20. The van der Waals surface area contributed by atoms with Crippen LogP contribution in [0.1, 0.15) is 23.4 Å². The summed E-state index contributed by atoms with van der Waals surface area (Å²) in [6.45, 7) is 2.05. The van der Waals surface area contributed by atoms with Crippen molar-refractivity contribution in [2.75, 3.05) is 11.1 Å². The van der Waals surface area contributed by atoms with Gasteiger partial charge in [0.25, 0.3) is 0 Å². The van der Waals surface area contributed by atoms with E-state index >= 15 is 0 Å². The average Bonchev–Trinajstić information content (AvgIpc) is 2.81. The molecule has 3 rings (SSSR count). The Hall–Kier alpha value is -2.10. The smallest absolute Gasteiger partial charge is 0.227 e. The van der Waals surface area contributed by atoms with Gasteiger partial charge >= 0.3 is 0 Å². The molecule has 4 heteroatoms. The Morgan fingerprint density at radius 2 is 2.00 bits per heavy atom. The number of fused-ring (bicyclic) bond motifs is 1. The Kier molecular flexibility index (Phi) is 2.63. The van der Waals surface area contributed by atoms with Crippen molar-refractivity contribution in [3.8, 4) is 0 Å². The first-order valence-electron chi connectivity index (χ1n) is 6.22. The lowest BCUT2D eigenvalue weighted by atomic mass is 10.2. The van der Waals surface area contributed by atoms with E-state index in [0.29, 0.717) is 11.6 Å². The second-order valence-corrected chi connectivity index (χ2v) is 4.62. The first kappa shape index (κ1) is 11.0. The van der Waals surface area contributed by atoms with Gasteiger partial charge in [-0.2, -0.15) is 0 Å². The molecule has 1 aliphatic carbocycles. The van der Waals surface area contributed by atoms with Crippen LogP contribution in [0.15, 0.2) is 24.3 Å². The van der Waals surface area contributed by atoms with Crippen molar-refractivity contribution in [3.63, 3.8) is 0 Å². The number of anilines is 3. The van der Waals surface area contributed by atoms with E-state index in [0.717, 1.165) is 24.2 Å². The molecule has 0 radical (unpaired) electrons. The molecule has 92 valence electrons. The number of hydrogen-bond donors (Lipinski definition) is 2. The molecular formula is C14H16N4. The fraction of sp³-hybridized carbons (Fsp3) is 0.286. The van der Waals surface area contributed by atoms with E-state index in [1.807, 2.05) is 31.2 Å². The highest BCUT2D eigenvalue weighted by molar-refractivity contribution is 5.69. The van der Waals surface area contributed by atoms with E-state index in [-0.39, 0.29) is 0 Å². The lowest BCUT2D eigenvalue weighted by Gasteiger charge is -2.10. The molecule has 0 saturated carbocycles. The summed E-state index contributed by atoms with van der Waals surface area (Å²) in [5.41, 5.74) is 11.0. The maximum absolute atomic E-state index is 5.90. The molecule has 1 aromatic carbocycles.